The molecule has 1 aliphatic rings. The van der Waals surface area contributed by atoms with Crippen molar-refractivity contribution < 1.29 is 19.4 Å². The maximum absolute atomic E-state index is 11.8. The van der Waals surface area contributed by atoms with Crippen LogP contribution in [0.1, 0.15) is 18.4 Å². The lowest BCUT2D eigenvalue weighted by molar-refractivity contribution is -0.139. The number of carboxylic acids is 1. The summed E-state index contributed by atoms with van der Waals surface area (Å²) in [7, 11) is 1.80. The highest BCUT2D eigenvalue weighted by atomic mass is 16.5. The van der Waals surface area contributed by atoms with Crippen LogP contribution in [0.25, 0.3) is 0 Å². The van der Waals surface area contributed by atoms with Gasteiger partial charge in [0.15, 0.2) is 6.61 Å². The highest BCUT2D eigenvalue weighted by Gasteiger charge is 2.31. The summed E-state index contributed by atoms with van der Waals surface area (Å²) in [6.07, 6.45) is 2.01. The minimum atomic E-state index is -1.00. The fraction of sp³-hybridized carbons (Fsp3) is 0.429. The standard InChI is InChI=1S/C14H17NO4/c1-15(14(18)11-4-5-11)8-10-2-6-12(7-3-10)19-9-13(16)17/h2-3,6-7,11H,4-5,8-9H2,1H3,(H,16,17). The molecule has 0 heterocycles. The summed E-state index contributed by atoms with van der Waals surface area (Å²) in [5, 5.41) is 8.50. The van der Waals surface area contributed by atoms with Gasteiger partial charge in [-0.1, -0.05) is 12.1 Å². The summed E-state index contributed by atoms with van der Waals surface area (Å²) in [5.41, 5.74) is 0.999. The van der Waals surface area contributed by atoms with Crippen LogP contribution in [0.4, 0.5) is 0 Å². The molecule has 0 radical (unpaired) electrons. The average Bonchev–Trinajstić information content (AvgIpc) is 3.21. The monoisotopic (exact) mass is 263 g/mol. The van der Waals surface area contributed by atoms with Crippen LogP contribution in [-0.4, -0.2) is 35.5 Å². The van der Waals surface area contributed by atoms with Crippen LogP contribution in [-0.2, 0) is 16.1 Å². The first-order valence-corrected chi connectivity index (χ1v) is 6.25. The van der Waals surface area contributed by atoms with Crippen LogP contribution in [0.3, 0.4) is 0 Å². The second-order valence-electron chi connectivity index (χ2n) is 4.79. The van der Waals surface area contributed by atoms with E-state index in [1.807, 2.05) is 12.1 Å². The summed E-state index contributed by atoms with van der Waals surface area (Å²) < 4.78 is 5.04. The molecule has 1 aromatic rings. The van der Waals surface area contributed by atoms with E-state index in [1.165, 1.54) is 0 Å². The van der Waals surface area contributed by atoms with Crippen molar-refractivity contribution in [2.24, 2.45) is 5.92 Å². The fourth-order valence-electron chi connectivity index (χ4n) is 1.83. The second-order valence-corrected chi connectivity index (χ2v) is 4.79. The zero-order valence-electron chi connectivity index (χ0n) is 10.8. The third-order valence-corrected chi connectivity index (χ3v) is 3.01. The van der Waals surface area contributed by atoms with Crippen molar-refractivity contribution in [2.45, 2.75) is 19.4 Å². The minimum absolute atomic E-state index is 0.200. The molecule has 102 valence electrons. The van der Waals surface area contributed by atoms with Crippen LogP contribution >= 0.6 is 0 Å². The van der Waals surface area contributed by atoms with Crippen molar-refractivity contribution in [3.8, 4) is 5.75 Å². The van der Waals surface area contributed by atoms with E-state index in [2.05, 4.69) is 0 Å². The Morgan fingerprint density at radius 1 is 1.32 bits per heavy atom. The molecule has 0 saturated heterocycles. The van der Waals surface area contributed by atoms with Gasteiger partial charge in [0.1, 0.15) is 5.75 Å². The van der Waals surface area contributed by atoms with Gasteiger partial charge in [-0.25, -0.2) is 4.79 Å². The summed E-state index contributed by atoms with van der Waals surface area (Å²) in [6.45, 7) is 0.216. The Morgan fingerprint density at radius 2 is 1.95 bits per heavy atom. The third-order valence-electron chi connectivity index (χ3n) is 3.01. The molecule has 0 atom stereocenters. The SMILES string of the molecule is CN(Cc1ccc(OCC(=O)O)cc1)C(=O)C1CC1. The molecule has 1 fully saturated rings. The number of benzene rings is 1. The normalized spacial score (nSPS) is 13.9. The predicted molar refractivity (Wildman–Crippen MR) is 68.8 cm³/mol. The molecule has 0 aromatic heterocycles. The van der Waals surface area contributed by atoms with Crippen molar-refractivity contribution in [3.05, 3.63) is 29.8 Å². The molecule has 1 aromatic carbocycles. The number of carbonyl (C=O) groups excluding carboxylic acids is 1. The summed E-state index contributed by atoms with van der Waals surface area (Å²) in [4.78, 5) is 23.9. The Kier molecular flexibility index (Phi) is 4.04. The van der Waals surface area contributed by atoms with Gasteiger partial charge in [-0.15, -0.1) is 0 Å². The quantitative estimate of drug-likeness (QED) is 0.845. The van der Waals surface area contributed by atoms with Crippen LogP contribution in [0.2, 0.25) is 0 Å². The minimum Gasteiger partial charge on any atom is -0.482 e. The molecule has 0 aliphatic heterocycles. The smallest absolute Gasteiger partial charge is 0.341 e. The van der Waals surface area contributed by atoms with Gasteiger partial charge < -0.3 is 14.7 Å². The Bertz CT molecular complexity index is 465. The number of ether oxygens (including phenoxy) is 1. The molecule has 0 bridgehead atoms. The van der Waals surface area contributed by atoms with E-state index in [1.54, 1.807) is 24.1 Å². The van der Waals surface area contributed by atoms with Gasteiger partial charge in [-0.3, -0.25) is 4.79 Å². The number of nitrogens with zero attached hydrogens (tertiary/aromatic N) is 1. The molecular weight excluding hydrogens is 246 g/mol. The fourth-order valence-corrected chi connectivity index (χ4v) is 1.83. The number of rotatable bonds is 6. The molecule has 1 aliphatic carbocycles. The van der Waals surface area contributed by atoms with Crippen LogP contribution in [0, 0.1) is 5.92 Å². The molecule has 2 rings (SSSR count). The van der Waals surface area contributed by atoms with Gasteiger partial charge >= 0.3 is 5.97 Å². The summed E-state index contributed by atoms with van der Waals surface area (Å²) in [5.74, 6) is -0.0597. The van der Waals surface area contributed by atoms with Gasteiger partial charge in [0, 0.05) is 19.5 Å². The number of carboxylic acid groups (broad SMARTS) is 1. The zero-order valence-corrected chi connectivity index (χ0v) is 10.8. The van der Waals surface area contributed by atoms with Crippen molar-refractivity contribution in [2.75, 3.05) is 13.7 Å². The zero-order chi connectivity index (χ0) is 13.8. The molecule has 1 saturated carbocycles. The molecule has 19 heavy (non-hydrogen) atoms. The lowest BCUT2D eigenvalue weighted by atomic mass is 10.2. The average molecular weight is 263 g/mol. The number of hydrogen-bond donors (Lipinski definition) is 1. The highest BCUT2D eigenvalue weighted by Crippen LogP contribution is 2.31. The third kappa shape index (κ3) is 3.98. The lowest BCUT2D eigenvalue weighted by Gasteiger charge is -2.17. The van der Waals surface area contributed by atoms with Crippen LogP contribution in [0.15, 0.2) is 24.3 Å². The first kappa shape index (κ1) is 13.4. The molecule has 1 amide bonds. The van der Waals surface area contributed by atoms with Gasteiger partial charge in [0.2, 0.25) is 5.91 Å². The Hall–Kier alpha value is -2.04. The molecular formula is C14H17NO4. The summed E-state index contributed by atoms with van der Waals surface area (Å²) >= 11 is 0. The van der Waals surface area contributed by atoms with Gasteiger partial charge in [-0.05, 0) is 30.5 Å². The maximum Gasteiger partial charge on any atom is 0.341 e. The molecule has 5 heteroatoms. The van der Waals surface area contributed by atoms with Crippen molar-refractivity contribution >= 4 is 11.9 Å². The first-order valence-electron chi connectivity index (χ1n) is 6.25. The molecule has 1 N–H and O–H groups in total. The summed E-state index contributed by atoms with van der Waals surface area (Å²) in [6, 6.07) is 7.11. The number of hydrogen-bond acceptors (Lipinski definition) is 3. The van der Waals surface area contributed by atoms with Crippen molar-refractivity contribution in [3.63, 3.8) is 0 Å². The lowest BCUT2D eigenvalue weighted by Crippen LogP contribution is -2.27. The van der Waals surface area contributed by atoms with Crippen molar-refractivity contribution in [1.82, 2.24) is 4.90 Å². The number of aliphatic carboxylic acids is 1. The second kappa shape index (κ2) is 5.73. The topological polar surface area (TPSA) is 66.8 Å². The van der Waals surface area contributed by atoms with Crippen LogP contribution in [0.5, 0.6) is 5.75 Å². The van der Waals surface area contributed by atoms with E-state index < -0.39 is 5.97 Å². The van der Waals surface area contributed by atoms with E-state index in [0.717, 1.165) is 18.4 Å². The van der Waals surface area contributed by atoms with Crippen molar-refractivity contribution in [1.29, 1.82) is 0 Å². The number of carbonyl (C=O) groups is 2. The van der Waals surface area contributed by atoms with Gasteiger partial charge in [0.25, 0.3) is 0 Å². The van der Waals surface area contributed by atoms with Gasteiger partial charge in [-0.2, -0.15) is 0 Å². The van der Waals surface area contributed by atoms with E-state index in [9.17, 15) is 9.59 Å². The maximum atomic E-state index is 11.8. The Labute approximate surface area is 111 Å². The Balaban J connectivity index is 1.87. The molecule has 0 unspecified atom stereocenters. The predicted octanol–water partition coefficient (Wildman–Crippen LogP) is 1.52. The van der Waals surface area contributed by atoms with E-state index in [4.69, 9.17) is 9.84 Å². The molecule has 5 nitrogen and oxygen atoms in total. The molecule has 0 spiro atoms. The first-order chi connectivity index (χ1) is 9.06. The van der Waals surface area contributed by atoms with E-state index >= 15 is 0 Å². The highest BCUT2D eigenvalue weighted by molar-refractivity contribution is 5.80. The van der Waals surface area contributed by atoms with Gasteiger partial charge in [0.05, 0.1) is 0 Å². The largest absolute Gasteiger partial charge is 0.482 e. The Morgan fingerprint density at radius 3 is 2.47 bits per heavy atom. The van der Waals surface area contributed by atoms with Crippen LogP contribution < -0.4 is 4.74 Å². The number of amides is 1. The van der Waals surface area contributed by atoms with E-state index in [0.29, 0.717) is 12.3 Å². The van der Waals surface area contributed by atoms with E-state index in [-0.39, 0.29) is 18.4 Å².